The highest BCUT2D eigenvalue weighted by Gasteiger charge is 2.16. The third kappa shape index (κ3) is 13.8. The average molecular weight is 328 g/mol. The fourth-order valence-corrected chi connectivity index (χ4v) is 1.67. The van der Waals surface area contributed by atoms with E-state index < -0.39 is 17.8 Å². The van der Waals surface area contributed by atoms with Gasteiger partial charge in [0.1, 0.15) is 18.3 Å². The summed E-state index contributed by atoms with van der Waals surface area (Å²) in [6.45, 7) is 11.0. The predicted molar refractivity (Wildman–Crippen MR) is 92.3 cm³/mol. The number of allylic oxidation sites excluding steroid dienone is 4. The van der Waals surface area contributed by atoms with Crippen molar-refractivity contribution in [3.63, 3.8) is 0 Å². The molecule has 6 nitrogen and oxygen atoms in total. The lowest BCUT2D eigenvalue weighted by Gasteiger charge is -2.22. The van der Waals surface area contributed by atoms with E-state index in [1.54, 1.807) is 0 Å². The standard InChI is InChI=1S/C17H32N2O4/c1-7-8-9-14(2)22-13-15(20)12-19(6)11-10-18-16(21)23-17(3,4)5/h7-9,15,20H,10-13H2,1-6H3,(H,18,21)/b8-7-,14-9+. The van der Waals surface area contributed by atoms with Crippen molar-refractivity contribution in [1.82, 2.24) is 10.2 Å². The van der Waals surface area contributed by atoms with Gasteiger partial charge in [0.25, 0.3) is 0 Å². The maximum atomic E-state index is 11.5. The highest BCUT2D eigenvalue weighted by atomic mass is 16.6. The van der Waals surface area contributed by atoms with Crippen molar-refractivity contribution in [3.8, 4) is 0 Å². The number of aliphatic hydroxyl groups is 1. The second-order valence-corrected chi connectivity index (χ2v) is 6.46. The van der Waals surface area contributed by atoms with Crippen LogP contribution in [0.15, 0.2) is 24.0 Å². The van der Waals surface area contributed by atoms with Gasteiger partial charge in [0, 0.05) is 19.6 Å². The monoisotopic (exact) mass is 328 g/mol. The zero-order valence-electron chi connectivity index (χ0n) is 15.3. The number of hydrogen-bond donors (Lipinski definition) is 2. The van der Waals surface area contributed by atoms with Crippen LogP contribution in [0.25, 0.3) is 0 Å². The van der Waals surface area contributed by atoms with Crippen LogP contribution in [-0.2, 0) is 9.47 Å². The zero-order chi connectivity index (χ0) is 17.9. The van der Waals surface area contributed by atoms with E-state index in [-0.39, 0.29) is 6.61 Å². The van der Waals surface area contributed by atoms with Gasteiger partial charge in [-0.1, -0.05) is 12.2 Å². The molecule has 0 aromatic rings. The molecule has 0 aromatic carbocycles. The molecule has 0 radical (unpaired) electrons. The SMILES string of the molecule is C/C=C\C=C(/C)OCC(O)CN(C)CCNC(=O)OC(C)(C)C. The van der Waals surface area contributed by atoms with Gasteiger partial charge in [-0.2, -0.15) is 0 Å². The Hall–Kier alpha value is -1.53. The molecule has 2 N–H and O–H groups in total. The van der Waals surface area contributed by atoms with Crippen molar-refractivity contribution in [1.29, 1.82) is 0 Å². The Morgan fingerprint density at radius 3 is 2.61 bits per heavy atom. The molecule has 0 aliphatic carbocycles. The normalized spacial score (nSPS) is 14.2. The third-order valence-corrected chi connectivity index (χ3v) is 2.71. The zero-order valence-corrected chi connectivity index (χ0v) is 15.3. The van der Waals surface area contributed by atoms with Crippen LogP contribution in [0.2, 0.25) is 0 Å². The molecule has 0 aliphatic heterocycles. The van der Waals surface area contributed by atoms with E-state index in [0.717, 1.165) is 5.76 Å². The number of ether oxygens (including phenoxy) is 2. The summed E-state index contributed by atoms with van der Waals surface area (Å²) in [6, 6.07) is 0. The molecular weight excluding hydrogens is 296 g/mol. The molecule has 0 spiro atoms. The number of amides is 1. The minimum Gasteiger partial charge on any atom is -0.495 e. The van der Waals surface area contributed by atoms with Gasteiger partial charge in [0.2, 0.25) is 0 Å². The number of alkyl carbamates (subject to hydrolysis) is 1. The summed E-state index contributed by atoms with van der Waals surface area (Å²) in [4.78, 5) is 13.4. The lowest BCUT2D eigenvalue weighted by atomic mass is 10.2. The first-order valence-corrected chi connectivity index (χ1v) is 7.90. The Morgan fingerprint density at radius 2 is 2.04 bits per heavy atom. The topological polar surface area (TPSA) is 71.0 Å². The van der Waals surface area contributed by atoms with Gasteiger partial charge >= 0.3 is 6.09 Å². The number of likely N-dealkylation sites (N-methyl/N-ethyl adjacent to an activating group) is 1. The molecule has 1 unspecified atom stereocenters. The maximum Gasteiger partial charge on any atom is 0.407 e. The number of nitrogens with one attached hydrogen (secondary N) is 1. The first-order valence-electron chi connectivity index (χ1n) is 7.90. The van der Waals surface area contributed by atoms with Crippen LogP contribution in [-0.4, -0.2) is 61.1 Å². The van der Waals surface area contributed by atoms with Crippen LogP contribution < -0.4 is 5.32 Å². The molecule has 0 saturated heterocycles. The minimum atomic E-state index is -0.588. The van der Waals surface area contributed by atoms with E-state index in [9.17, 15) is 9.90 Å². The quantitative estimate of drug-likeness (QED) is 0.502. The van der Waals surface area contributed by atoms with Crippen LogP contribution in [0, 0.1) is 0 Å². The largest absolute Gasteiger partial charge is 0.495 e. The number of hydrogen-bond acceptors (Lipinski definition) is 5. The van der Waals surface area contributed by atoms with E-state index in [2.05, 4.69) is 5.32 Å². The van der Waals surface area contributed by atoms with Crippen LogP contribution in [0.5, 0.6) is 0 Å². The Bertz CT molecular complexity index is 400. The Labute approximate surface area is 140 Å². The molecule has 134 valence electrons. The van der Waals surface area contributed by atoms with Crippen LogP contribution in [0.1, 0.15) is 34.6 Å². The lowest BCUT2D eigenvalue weighted by molar-refractivity contribution is 0.0459. The number of carbonyl (C=O) groups is 1. The molecule has 0 fully saturated rings. The van der Waals surface area contributed by atoms with E-state index >= 15 is 0 Å². The average Bonchev–Trinajstić information content (AvgIpc) is 2.40. The fourth-order valence-electron chi connectivity index (χ4n) is 1.67. The van der Waals surface area contributed by atoms with Crippen LogP contribution >= 0.6 is 0 Å². The van der Waals surface area contributed by atoms with E-state index in [4.69, 9.17) is 9.47 Å². The Balaban J connectivity index is 3.88. The number of rotatable bonds is 9. The Morgan fingerprint density at radius 1 is 1.39 bits per heavy atom. The van der Waals surface area contributed by atoms with E-state index in [1.807, 2.05) is 64.8 Å². The van der Waals surface area contributed by atoms with Gasteiger partial charge in [0.05, 0.1) is 5.76 Å². The van der Waals surface area contributed by atoms with Gasteiger partial charge in [-0.25, -0.2) is 4.79 Å². The number of aliphatic hydroxyl groups excluding tert-OH is 1. The molecule has 1 amide bonds. The molecule has 23 heavy (non-hydrogen) atoms. The van der Waals surface area contributed by atoms with E-state index in [1.165, 1.54) is 0 Å². The summed E-state index contributed by atoms with van der Waals surface area (Å²) < 4.78 is 10.6. The molecule has 0 aromatic heterocycles. The van der Waals surface area contributed by atoms with Crippen molar-refractivity contribution in [3.05, 3.63) is 24.0 Å². The van der Waals surface area contributed by atoms with Crippen LogP contribution in [0.3, 0.4) is 0 Å². The lowest BCUT2D eigenvalue weighted by Crippen LogP contribution is -2.39. The minimum absolute atomic E-state index is 0.240. The molecule has 0 heterocycles. The number of nitrogens with zero attached hydrogens (tertiary/aromatic N) is 1. The van der Waals surface area contributed by atoms with Gasteiger partial charge in [0.15, 0.2) is 0 Å². The Kier molecular flexibility index (Phi) is 10.3. The van der Waals surface area contributed by atoms with Crippen molar-refractivity contribution in [2.75, 3.05) is 33.3 Å². The summed E-state index contributed by atoms with van der Waals surface area (Å²) in [5, 5.41) is 12.6. The van der Waals surface area contributed by atoms with Crippen LogP contribution in [0.4, 0.5) is 4.79 Å². The van der Waals surface area contributed by atoms with Crippen molar-refractivity contribution in [2.45, 2.75) is 46.3 Å². The summed E-state index contributed by atoms with van der Waals surface area (Å²) in [5.74, 6) is 0.761. The molecule has 0 rings (SSSR count). The maximum absolute atomic E-state index is 11.5. The fraction of sp³-hybridized carbons (Fsp3) is 0.706. The van der Waals surface area contributed by atoms with Gasteiger partial charge in [-0.3, -0.25) is 0 Å². The summed E-state index contributed by atoms with van der Waals surface area (Å²) >= 11 is 0. The number of carbonyl (C=O) groups excluding carboxylic acids is 1. The molecular formula is C17H32N2O4. The third-order valence-electron chi connectivity index (χ3n) is 2.71. The van der Waals surface area contributed by atoms with Gasteiger partial charge in [-0.05, 0) is 47.7 Å². The first-order chi connectivity index (χ1) is 10.6. The van der Waals surface area contributed by atoms with Crippen molar-refractivity contribution in [2.24, 2.45) is 0 Å². The van der Waals surface area contributed by atoms with Crippen molar-refractivity contribution >= 4 is 6.09 Å². The smallest absolute Gasteiger partial charge is 0.407 e. The van der Waals surface area contributed by atoms with Gasteiger partial charge < -0.3 is 24.8 Å². The molecule has 1 atom stereocenters. The summed E-state index contributed by atoms with van der Waals surface area (Å²) in [6.07, 6.45) is 4.63. The highest BCUT2D eigenvalue weighted by Crippen LogP contribution is 2.06. The highest BCUT2D eigenvalue weighted by molar-refractivity contribution is 5.67. The van der Waals surface area contributed by atoms with E-state index in [0.29, 0.717) is 19.6 Å². The molecule has 0 bridgehead atoms. The molecule has 6 heteroatoms. The first kappa shape index (κ1) is 21.5. The second-order valence-electron chi connectivity index (χ2n) is 6.46. The van der Waals surface area contributed by atoms with Crippen molar-refractivity contribution < 1.29 is 19.4 Å². The molecule has 0 saturated carbocycles. The van der Waals surface area contributed by atoms with Gasteiger partial charge in [-0.15, -0.1) is 0 Å². The molecule has 0 aliphatic rings. The second kappa shape index (κ2) is 11.1. The predicted octanol–water partition coefficient (Wildman–Crippen LogP) is 2.30. The summed E-state index contributed by atoms with van der Waals surface area (Å²) in [5.41, 5.74) is -0.498. The summed E-state index contributed by atoms with van der Waals surface area (Å²) in [7, 11) is 1.88.